The molecule has 11 nitrogen and oxygen atoms in total. The molecule has 6 aromatic rings. The summed E-state index contributed by atoms with van der Waals surface area (Å²) in [7, 11) is 1.64. The van der Waals surface area contributed by atoms with Crippen LogP contribution >= 0.6 is 0 Å². The van der Waals surface area contributed by atoms with E-state index in [1.165, 1.54) is 30.8 Å². The average molecular weight is 629 g/mol. The maximum absolute atomic E-state index is 13.9. The quantitative estimate of drug-likeness (QED) is 0.196. The predicted molar refractivity (Wildman–Crippen MR) is 177 cm³/mol. The van der Waals surface area contributed by atoms with Crippen molar-refractivity contribution in [2.75, 3.05) is 13.7 Å². The second kappa shape index (κ2) is 10.7. The summed E-state index contributed by atoms with van der Waals surface area (Å²) in [5.74, 6) is 2.38. The van der Waals surface area contributed by atoms with Crippen LogP contribution in [-0.4, -0.2) is 60.4 Å². The molecule has 2 aliphatic carbocycles. The van der Waals surface area contributed by atoms with Crippen LogP contribution in [-0.2, 0) is 13.1 Å². The number of fused-ring (bicyclic) bond motifs is 4. The van der Waals surface area contributed by atoms with Crippen molar-refractivity contribution in [1.82, 2.24) is 28.8 Å². The van der Waals surface area contributed by atoms with E-state index < -0.39 is 0 Å². The van der Waals surface area contributed by atoms with Gasteiger partial charge in [-0.05, 0) is 67.9 Å². The molecule has 0 spiro atoms. The molecule has 2 N–H and O–H groups in total. The summed E-state index contributed by atoms with van der Waals surface area (Å²) in [6.07, 6.45) is 11.2. The molecule has 3 aliphatic rings. The van der Waals surface area contributed by atoms with Gasteiger partial charge in [-0.25, -0.2) is 9.67 Å². The van der Waals surface area contributed by atoms with Gasteiger partial charge in [0.05, 0.1) is 31.1 Å². The molecule has 47 heavy (non-hydrogen) atoms. The first kappa shape index (κ1) is 28.1. The van der Waals surface area contributed by atoms with Crippen molar-refractivity contribution in [3.63, 3.8) is 0 Å². The SMILES string of the molecule is COc1cc(C(=O)N2CC3CCC2[C@@H]3N)cc2nc(-c3cc4ccccc4n3CC3CC3)n(Cc3cnn(-c4ccc[n+]([O-])c4)c3)c12. The van der Waals surface area contributed by atoms with Crippen LogP contribution in [0.3, 0.4) is 0 Å². The Balaban J connectivity index is 1.20. The number of para-hydroxylation sites is 1. The lowest BCUT2D eigenvalue weighted by molar-refractivity contribution is -0.605. The molecule has 11 heteroatoms. The highest BCUT2D eigenvalue weighted by atomic mass is 16.5. The second-order valence-corrected chi connectivity index (χ2v) is 13.4. The zero-order chi connectivity index (χ0) is 31.8. The van der Waals surface area contributed by atoms with Crippen LogP contribution in [0.25, 0.3) is 39.1 Å². The van der Waals surface area contributed by atoms with Gasteiger partial charge >= 0.3 is 0 Å². The van der Waals surface area contributed by atoms with Crippen LogP contribution in [0.5, 0.6) is 5.75 Å². The molecular weight excluding hydrogens is 592 g/mol. The highest BCUT2D eigenvalue weighted by molar-refractivity contribution is 6.00. The first-order valence-electron chi connectivity index (χ1n) is 16.4. The van der Waals surface area contributed by atoms with Crippen LogP contribution in [0.1, 0.15) is 41.6 Å². The molecule has 4 aromatic heterocycles. The third-order valence-electron chi connectivity index (χ3n) is 10.4. The number of piperidine rings is 1. The molecule has 5 heterocycles. The maximum atomic E-state index is 13.9. The Bertz CT molecular complexity index is 2180. The third kappa shape index (κ3) is 4.67. The smallest absolute Gasteiger partial charge is 0.254 e. The maximum Gasteiger partial charge on any atom is 0.254 e. The lowest BCUT2D eigenvalue weighted by atomic mass is 10.1. The Morgan fingerprint density at radius 2 is 1.96 bits per heavy atom. The summed E-state index contributed by atoms with van der Waals surface area (Å²) in [5, 5.41) is 17.7. The van der Waals surface area contributed by atoms with E-state index in [-0.39, 0.29) is 18.0 Å². The van der Waals surface area contributed by atoms with Gasteiger partial charge in [-0.1, -0.05) is 18.2 Å². The molecule has 9 rings (SSSR count). The van der Waals surface area contributed by atoms with Crippen LogP contribution < -0.4 is 15.2 Å². The number of nitrogens with zero attached hydrogens (tertiary/aromatic N) is 7. The van der Waals surface area contributed by atoms with Crippen LogP contribution in [0.2, 0.25) is 0 Å². The van der Waals surface area contributed by atoms with Crippen molar-refractivity contribution in [1.29, 1.82) is 0 Å². The van der Waals surface area contributed by atoms with E-state index in [0.717, 1.165) is 52.1 Å². The summed E-state index contributed by atoms with van der Waals surface area (Å²) in [6.45, 7) is 2.07. The van der Waals surface area contributed by atoms with Crippen LogP contribution in [0, 0.1) is 17.0 Å². The minimum atomic E-state index is -0.0217. The van der Waals surface area contributed by atoms with Crippen molar-refractivity contribution in [3.8, 4) is 23.0 Å². The fraction of sp³-hybridized carbons (Fsp3) is 0.333. The van der Waals surface area contributed by atoms with E-state index in [4.69, 9.17) is 15.5 Å². The Kier molecular flexibility index (Phi) is 6.39. The van der Waals surface area contributed by atoms with E-state index in [2.05, 4.69) is 44.6 Å². The standard InChI is InChI=1S/C36H36N8O3/c1-47-32-15-26(36(45)42-20-25-10-11-30(42)33(25)37)13-28-34(32)43(18-23-16-38-44(19-23)27-6-4-12-40(46)21-27)35(39-28)31-14-24-5-2-3-7-29(24)41(31)17-22-8-9-22/h2-7,12-16,19,21-22,25,30,33H,8-11,17-18,20,37H2,1H3/t25?,30?,33-/m1/s1. The minimum Gasteiger partial charge on any atom is -0.619 e. The first-order valence-corrected chi connectivity index (χ1v) is 16.4. The molecule has 2 unspecified atom stereocenters. The monoisotopic (exact) mass is 628 g/mol. The predicted octanol–water partition coefficient (Wildman–Crippen LogP) is 4.51. The van der Waals surface area contributed by atoms with Gasteiger partial charge in [0.2, 0.25) is 6.20 Å². The molecule has 3 fully saturated rings. The molecule has 2 saturated carbocycles. The summed E-state index contributed by atoms with van der Waals surface area (Å²) >= 11 is 0. The number of carbonyl (C=O) groups is 1. The molecule has 0 radical (unpaired) electrons. The normalized spacial score (nSPS) is 20.6. The minimum absolute atomic E-state index is 0.0217. The number of rotatable bonds is 8. The Labute approximate surface area is 271 Å². The van der Waals surface area contributed by atoms with Gasteiger partial charge in [0.1, 0.15) is 17.0 Å². The van der Waals surface area contributed by atoms with Crippen molar-refractivity contribution >= 4 is 27.8 Å². The number of aromatic nitrogens is 6. The van der Waals surface area contributed by atoms with Gasteiger partial charge in [-0.3, -0.25) is 4.79 Å². The number of carbonyl (C=O) groups excluding carboxylic acids is 1. The number of ether oxygens (including phenoxy) is 1. The molecular formula is C36H36N8O3. The number of hydrogen-bond donors (Lipinski definition) is 1. The van der Waals surface area contributed by atoms with Crippen LogP contribution in [0.15, 0.2) is 79.4 Å². The van der Waals surface area contributed by atoms with Crippen LogP contribution in [0.4, 0.5) is 0 Å². The molecule has 1 amide bonds. The lowest BCUT2D eigenvalue weighted by Gasteiger charge is -2.27. The van der Waals surface area contributed by atoms with Gasteiger partial charge < -0.3 is 29.7 Å². The number of amides is 1. The summed E-state index contributed by atoms with van der Waals surface area (Å²) in [4.78, 5) is 21.2. The van der Waals surface area contributed by atoms with Crippen molar-refractivity contribution in [3.05, 3.63) is 95.7 Å². The highest BCUT2D eigenvalue weighted by Gasteiger charge is 2.47. The average Bonchev–Trinajstić information content (AvgIpc) is 3.39. The third-order valence-corrected chi connectivity index (χ3v) is 10.4. The van der Waals surface area contributed by atoms with Gasteiger partial charge in [0.25, 0.3) is 5.91 Å². The van der Waals surface area contributed by atoms with Crippen molar-refractivity contribution < 1.29 is 14.3 Å². The number of hydrogen-bond acceptors (Lipinski definition) is 6. The summed E-state index contributed by atoms with van der Waals surface area (Å²) < 4.78 is 13.1. The van der Waals surface area contributed by atoms with E-state index in [1.54, 1.807) is 17.9 Å². The molecule has 3 atom stereocenters. The van der Waals surface area contributed by atoms with E-state index >= 15 is 0 Å². The van der Waals surface area contributed by atoms with E-state index in [9.17, 15) is 10.0 Å². The van der Waals surface area contributed by atoms with Crippen molar-refractivity contribution in [2.24, 2.45) is 17.6 Å². The highest BCUT2D eigenvalue weighted by Crippen LogP contribution is 2.40. The summed E-state index contributed by atoms with van der Waals surface area (Å²) in [6, 6.07) is 18.1. The summed E-state index contributed by atoms with van der Waals surface area (Å²) in [5.41, 5.74) is 12.3. The molecule has 1 aliphatic heterocycles. The number of benzene rings is 2. The molecule has 2 aromatic carbocycles. The Morgan fingerprint density at radius 1 is 1.09 bits per heavy atom. The molecule has 1 saturated heterocycles. The Hall–Kier alpha value is -5.16. The van der Waals surface area contributed by atoms with Crippen molar-refractivity contribution in [2.45, 2.75) is 50.9 Å². The zero-order valence-corrected chi connectivity index (χ0v) is 26.2. The largest absolute Gasteiger partial charge is 0.619 e. The second-order valence-electron chi connectivity index (χ2n) is 13.4. The van der Waals surface area contributed by atoms with E-state index in [0.29, 0.717) is 47.4 Å². The van der Waals surface area contributed by atoms with Gasteiger partial charge in [-0.15, -0.1) is 0 Å². The number of nitrogens with two attached hydrogens (primary N) is 1. The fourth-order valence-corrected chi connectivity index (χ4v) is 7.80. The first-order chi connectivity index (χ1) is 22.9. The van der Waals surface area contributed by atoms with E-state index in [1.807, 2.05) is 35.5 Å². The number of imidazole rings is 1. The Morgan fingerprint density at radius 3 is 2.72 bits per heavy atom. The molecule has 2 bridgehead atoms. The number of pyridine rings is 1. The number of likely N-dealkylation sites (tertiary alicyclic amines) is 1. The fourth-order valence-electron chi connectivity index (χ4n) is 7.80. The topological polar surface area (TPSA) is 123 Å². The zero-order valence-electron chi connectivity index (χ0n) is 26.2. The van der Waals surface area contributed by atoms with Gasteiger partial charge in [-0.2, -0.15) is 9.83 Å². The lowest BCUT2D eigenvalue weighted by Crippen LogP contribution is -2.41. The number of methoxy groups -OCH3 is 1. The molecule has 238 valence electrons. The van der Waals surface area contributed by atoms with Gasteiger partial charge in [0, 0.05) is 59.5 Å². The van der Waals surface area contributed by atoms with Gasteiger partial charge in [0.15, 0.2) is 12.0 Å².